The summed E-state index contributed by atoms with van der Waals surface area (Å²) in [6.45, 7) is 0.625. The highest BCUT2D eigenvalue weighted by Gasteiger charge is 2.29. The van der Waals surface area contributed by atoms with Crippen LogP contribution in [0.25, 0.3) is 0 Å². The van der Waals surface area contributed by atoms with Crippen LogP contribution in [-0.4, -0.2) is 43.6 Å². The Morgan fingerprint density at radius 2 is 1.62 bits per heavy atom. The van der Waals surface area contributed by atoms with Crippen LogP contribution >= 0.6 is 11.8 Å². The van der Waals surface area contributed by atoms with Gasteiger partial charge in [0.25, 0.3) is 5.91 Å². The van der Waals surface area contributed by atoms with E-state index in [1.165, 1.54) is 29.2 Å². The Morgan fingerprint density at radius 1 is 1.04 bits per heavy atom. The summed E-state index contributed by atoms with van der Waals surface area (Å²) >= 11 is -0.210. The molecule has 0 saturated heterocycles. The minimum Gasteiger partial charge on any atom is -0.497 e. The smallest absolute Gasteiger partial charge is 0.446 e. The molecule has 0 aliphatic carbocycles. The van der Waals surface area contributed by atoms with Crippen molar-refractivity contribution in [2.75, 3.05) is 27.3 Å². The Morgan fingerprint density at radius 3 is 2.15 bits per heavy atom. The fraction of sp³-hybridized carbons (Fsp3) is 0.278. The molecule has 4 nitrogen and oxygen atoms in total. The zero-order chi connectivity index (χ0) is 19.2. The highest BCUT2D eigenvalue weighted by Crippen LogP contribution is 2.36. The van der Waals surface area contributed by atoms with Gasteiger partial charge in [-0.15, -0.1) is 0 Å². The Bertz CT molecular complexity index is 718. The SMILES string of the molecule is COc1ccc(OCCN(C)C(=O)c2ccc(SC(F)(F)F)cc2)cc1. The Kier molecular flexibility index (Phi) is 6.79. The van der Waals surface area contributed by atoms with E-state index in [4.69, 9.17) is 9.47 Å². The van der Waals surface area contributed by atoms with Gasteiger partial charge in [-0.3, -0.25) is 4.79 Å². The molecule has 26 heavy (non-hydrogen) atoms. The number of benzene rings is 2. The number of carbonyl (C=O) groups excluding carboxylic acids is 1. The van der Waals surface area contributed by atoms with Crippen molar-refractivity contribution in [2.24, 2.45) is 0 Å². The Hall–Kier alpha value is -2.35. The van der Waals surface area contributed by atoms with Crippen LogP contribution in [0.1, 0.15) is 10.4 Å². The second-order valence-corrected chi connectivity index (χ2v) is 6.46. The highest BCUT2D eigenvalue weighted by molar-refractivity contribution is 8.00. The van der Waals surface area contributed by atoms with Gasteiger partial charge in [-0.2, -0.15) is 13.2 Å². The number of ether oxygens (including phenoxy) is 2. The van der Waals surface area contributed by atoms with Crippen molar-refractivity contribution < 1.29 is 27.4 Å². The summed E-state index contributed by atoms with van der Waals surface area (Å²) in [5.41, 5.74) is -4.02. The zero-order valence-corrected chi connectivity index (χ0v) is 15.1. The number of hydrogen-bond acceptors (Lipinski definition) is 4. The summed E-state index contributed by atoms with van der Waals surface area (Å²) in [6.07, 6.45) is 0. The van der Waals surface area contributed by atoms with Crippen LogP contribution in [0, 0.1) is 0 Å². The summed E-state index contributed by atoms with van der Waals surface area (Å²) in [6, 6.07) is 12.4. The van der Waals surface area contributed by atoms with E-state index in [9.17, 15) is 18.0 Å². The molecular weight excluding hydrogens is 367 g/mol. The van der Waals surface area contributed by atoms with E-state index in [2.05, 4.69) is 0 Å². The summed E-state index contributed by atoms with van der Waals surface area (Å²) < 4.78 is 47.6. The lowest BCUT2D eigenvalue weighted by Gasteiger charge is -2.18. The number of alkyl halides is 3. The van der Waals surface area contributed by atoms with E-state index in [1.54, 1.807) is 38.4 Å². The van der Waals surface area contributed by atoms with Crippen molar-refractivity contribution in [1.82, 2.24) is 4.90 Å². The monoisotopic (exact) mass is 385 g/mol. The van der Waals surface area contributed by atoms with Crippen molar-refractivity contribution in [3.05, 3.63) is 54.1 Å². The number of halogens is 3. The number of likely N-dealkylation sites (N-methyl/N-ethyl adjacent to an activating group) is 1. The van der Waals surface area contributed by atoms with E-state index in [-0.39, 0.29) is 29.2 Å². The first-order valence-corrected chi connectivity index (χ1v) is 8.48. The molecule has 0 unspecified atom stereocenters. The molecule has 2 aromatic rings. The average Bonchev–Trinajstić information content (AvgIpc) is 2.61. The molecule has 0 bridgehead atoms. The molecule has 0 atom stereocenters. The fourth-order valence-electron chi connectivity index (χ4n) is 2.09. The fourth-order valence-corrected chi connectivity index (χ4v) is 2.63. The van der Waals surface area contributed by atoms with Gasteiger partial charge >= 0.3 is 5.51 Å². The molecule has 0 radical (unpaired) electrons. The third-order valence-electron chi connectivity index (χ3n) is 3.44. The molecule has 0 fully saturated rings. The maximum Gasteiger partial charge on any atom is 0.446 e. The lowest BCUT2D eigenvalue weighted by atomic mass is 10.2. The van der Waals surface area contributed by atoms with Gasteiger partial charge in [0.2, 0.25) is 0 Å². The largest absolute Gasteiger partial charge is 0.497 e. The number of nitrogens with zero attached hydrogens (tertiary/aromatic N) is 1. The van der Waals surface area contributed by atoms with Gasteiger partial charge in [-0.25, -0.2) is 0 Å². The number of methoxy groups -OCH3 is 1. The van der Waals surface area contributed by atoms with Gasteiger partial charge in [0.05, 0.1) is 13.7 Å². The molecule has 0 aliphatic rings. The number of rotatable bonds is 7. The van der Waals surface area contributed by atoms with Crippen molar-refractivity contribution >= 4 is 17.7 Å². The van der Waals surface area contributed by atoms with Crippen molar-refractivity contribution in [1.29, 1.82) is 0 Å². The van der Waals surface area contributed by atoms with Gasteiger partial charge in [0.1, 0.15) is 18.1 Å². The van der Waals surface area contributed by atoms with Gasteiger partial charge < -0.3 is 14.4 Å². The lowest BCUT2D eigenvalue weighted by molar-refractivity contribution is -0.0328. The Balaban J connectivity index is 1.84. The van der Waals surface area contributed by atoms with E-state index in [1.807, 2.05) is 0 Å². The zero-order valence-electron chi connectivity index (χ0n) is 14.2. The summed E-state index contributed by atoms with van der Waals surface area (Å²) in [5, 5.41) is 0. The predicted octanol–water partition coefficient (Wildman–Crippen LogP) is 4.46. The van der Waals surface area contributed by atoms with Crippen LogP contribution in [0.4, 0.5) is 13.2 Å². The van der Waals surface area contributed by atoms with Gasteiger partial charge in [-0.05, 0) is 60.3 Å². The van der Waals surface area contributed by atoms with E-state index in [0.717, 1.165) is 5.75 Å². The minimum absolute atomic E-state index is 0.0412. The number of thioether (sulfide) groups is 1. The molecular formula is C18H18F3NO3S. The maximum absolute atomic E-state index is 12.3. The quantitative estimate of drug-likeness (QED) is 0.660. The van der Waals surface area contributed by atoms with Crippen LogP contribution in [0.2, 0.25) is 0 Å². The molecule has 0 saturated carbocycles. The van der Waals surface area contributed by atoms with Gasteiger partial charge in [0.15, 0.2) is 0 Å². The van der Waals surface area contributed by atoms with E-state index in [0.29, 0.717) is 17.9 Å². The number of amides is 1. The maximum atomic E-state index is 12.3. The number of hydrogen-bond donors (Lipinski definition) is 0. The Labute approximate surface area is 153 Å². The summed E-state index contributed by atoms with van der Waals surface area (Å²) in [4.78, 5) is 13.8. The highest BCUT2D eigenvalue weighted by atomic mass is 32.2. The van der Waals surface area contributed by atoms with Crippen LogP contribution in [0.15, 0.2) is 53.4 Å². The standard InChI is InChI=1S/C18H18F3NO3S/c1-22(11-12-25-15-7-5-14(24-2)6-8-15)17(23)13-3-9-16(10-4-13)26-18(19,20)21/h3-10H,11-12H2,1-2H3. The van der Waals surface area contributed by atoms with E-state index >= 15 is 0 Å². The molecule has 140 valence electrons. The second-order valence-electron chi connectivity index (χ2n) is 5.32. The summed E-state index contributed by atoms with van der Waals surface area (Å²) in [5.74, 6) is 1.09. The van der Waals surface area contributed by atoms with Crippen LogP contribution in [0.3, 0.4) is 0 Å². The number of carbonyl (C=O) groups is 1. The molecule has 8 heteroatoms. The predicted molar refractivity (Wildman–Crippen MR) is 93.8 cm³/mol. The average molecular weight is 385 g/mol. The topological polar surface area (TPSA) is 38.8 Å². The second kappa shape index (κ2) is 8.84. The molecule has 0 aliphatic heterocycles. The molecule has 0 aromatic heterocycles. The van der Waals surface area contributed by atoms with E-state index < -0.39 is 5.51 Å². The lowest BCUT2D eigenvalue weighted by Crippen LogP contribution is -2.30. The summed E-state index contributed by atoms with van der Waals surface area (Å²) in [7, 11) is 3.18. The first-order valence-electron chi connectivity index (χ1n) is 7.66. The van der Waals surface area contributed by atoms with Crippen molar-refractivity contribution in [3.8, 4) is 11.5 Å². The van der Waals surface area contributed by atoms with Crippen LogP contribution < -0.4 is 9.47 Å². The molecule has 1 amide bonds. The van der Waals surface area contributed by atoms with Crippen LogP contribution in [0.5, 0.6) is 11.5 Å². The first kappa shape index (κ1) is 20.0. The molecule has 0 spiro atoms. The van der Waals surface area contributed by atoms with Crippen molar-refractivity contribution in [3.63, 3.8) is 0 Å². The van der Waals surface area contributed by atoms with Crippen molar-refractivity contribution in [2.45, 2.75) is 10.4 Å². The van der Waals surface area contributed by atoms with Gasteiger partial charge in [-0.1, -0.05) is 0 Å². The minimum atomic E-state index is -4.35. The molecule has 0 heterocycles. The third kappa shape index (κ3) is 6.18. The van der Waals surface area contributed by atoms with Gasteiger partial charge in [0, 0.05) is 17.5 Å². The van der Waals surface area contributed by atoms with Crippen LogP contribution in [-0.2, 0) is 0 Å². The molecule has 2 rings (SSSR count). The molecule has 2 aromatic carbocycles. The normalized spacial score (nSPS) is 11.1. The first-order chi connectivity index (χ1) is 12.3. The molecule has 0 N–H and O–H groups in total. The third-order valence-corrected chi connectivity index (χ3v) is 4.18.